The molecular weight excluding hydrogens is 302 g/mol. The van der Waals surface area contributed by atoms with Crippen LogP contribution in [0.5, 0.6) is 0 Å². The van der Waals surface area contributed by atoms with Crippen molar-refractivity contribution in [2.75, 3.05) is 5.75 Å². The lowest BCUT2D eigenvalue weighted by Crippen LogP contribution is -2.45. The van der Waals surface area contributed by atoms with Gasteiger partial charge in [-0.25, -0.2) is 0 Å². The fourth-order valence-corrected chi connectivity index (χ4v) is 4.24. The fourth-order valence-electron chi connectivity index (χ4n) is 2.20. The van der Waals surface area contributed by atoms with Crippen molar-refractivity contribution in [1.82, 2.24) is 5.32 Å². The summed E-state index contributed by atoms with van der Waals surface area (Å²) in [4.78, 5) is 13.0. The Balaban J connectivity index is 1.66. The molecule has 3 nitrogen and oxygen atoms in total. The number of amides is 1. The van der Waals surface area contributed by atoms with E-state index in [0.29, 0.717) is 5.75 Å². The SMILES string of the molecule is O=C(CSCc1ccc(Cl)s1)NC1CCCCC1O. The molecule has 2 unspecified atom stereocenters. The Morgan fingerprint density at radius 1 is 1.47 bits per heavy atom. The molecule has 0 saturated heterocycles. The highest BCUT2D eigenvalue weighted by atomic mass is 35.5. The van der Waals surface area contributed by atoms with Gasteiger partial charge >= 0.3 is 0 Å². The molecule has 0 aromatic carbocycles. The molecule has 2 N–H and O–H groups in total. The molecule has 1 amide bonds. The molecular formula is C13H18ClNO2S2. The van der Waals surface area contributed by atoms with Crippen molar-refractivity contribution >= 4 is 40.6 Å². The first-order valence-electron chi connectivity index (χ1n) is 6.44. The van der Waals surface area contributed by atoms with Gasteiger partial charge in [-0.2, -0.15) is 0 Å². The Kier molecular flexibility index (Phi) is 6.01. The van der Waals surface area contributed by atoms with E-state index in [1.165, 1.54) is 4.88 Å². The normalized spacial score (nSPS) is 23.3. The molecule has 6 heteroatoms. The number of aliphatic hydroxyl groups excluding tert-OH is 1. The van der Waals surface area contributed by atoms with E-state index in [2.05, 4.69) is 5.32 Å². The van der Waals surface area contributed by atoms with Crippen LogP contribution >= 0.6 is 34.7 Å². The van der Waals surface area contributed by atoms with E-state index < -0.39 is 0 Å². The largest absolute Gasteiger partial charge is 0.391 e. The monoisotopic (exact) mass is 319 g/mol. The third-order valence-electron chi connectivity index (χ3n) is 3.18. The van der Waals surface area contributed by atoms with Gasteiger partial charge in [-0.05, 0) is 25.0 Å². The first-order valence-corrected chi connectivity index (χ1v) is 8.79. The van der Waals surface area contributed by atoms with E-state index in [0.717, 1.165) is 35.8 Å². The van der Waals surface area contributed by atoms with Crippen molar-refractivity contribution < 1.29 is 9.90 Å². The van der Waals surface area contributed by atoms with Gasteiger partial charge in [-0.3, -0.25) is 4.79 Å². The average Bonchev–Trinajstić information content (AvgIpc) is 2.78. The zero-order valence-corrected chi connectivity index (χ0v) is 13.0. The van der Waals surface area contributed by atoms with Crippen molar-refractivity contribution in [1.29, 1.82) is 0 Å². The summed E-state index contributed by atoms with van der Waals surface area (Å²) >= 11 is 8.97. The summed E-state index contributed by atoms with van der Waals surface area (Å²) in [5.74, 6) is 1.25. The third kappa shape index (κ3) is 4.99. The maximum atomic E-state index is 11.8. The van der Waals surface area contributed by atoms with Crippen LogP contribution < -0.4 is 5.32 Å². The Bertz CT molecular complexity index is 425. The first kappa shape index (κ1) is 15.2. The van der Waals surface area contributed by atoms with Crippen molar-refractivity contribution in [3.63, 3.8) is 0 Å². The number of aliphatic hydroxyl groups is 1. The van der Waals surface area contributed by atoms with Crippen molar-refractivity contribution in [2.24, 2.45) is 0 Å². The summed E-state index contributed by atoms with van der Waals surface area (Å²) in [6.07, 6.45) is 3.45. The van der Waals surface area contributed by atoms with E-state index in [9.17, 15) is 9.90 Å². The summed E-state index contributed by atoms with van der Waals surface area (Å²) in [6, 6.07) is 3.81. The average molecular weight is 320 g/mol. The maximum absolute atomic E-state index is 11.8. The summed E-state index contributed by atoms with van der Waals surface area (Å²) in [6.45, 7) is 0. The molecule has 1 heterocycles. The van der Waals surface area contributed by atoms with Gasteiger partial charge in [-0.15, -0.1) is 23.1 Å². The third-order valence-corrected chi connectivity index (χ3v) is 5.58. The number of nitrogens with one attached hydrogen (secondary N) is 1. The number of rotatable bonds is 5. The molecule has 1 saturated carbocycles. The van der Waals surface area contributed by atoms with Gasteiger partial charge in [0.2, 0.25) is 5.91 Å². The second kappa shape index (κ2) is 7.53. The van der Waals surface area contributed by atoms with Gasteiger partial charge in [0.25, 0.3) is 0 Å². The number of carbonyl (C=O) groups excluding carboxylic acids is 1. The Morgan fingerprint density at radius 2 is 2.26 bits per heavy atom. The molecule has 106 valence electrons. The van der Waals surface area contributed by atoms with Gasteiger partial charge in [-0.1, -0.05) is 24.4 Å². The molecule has 1 fully saturated rings. The number of halogens is 1. The summed E-state index contributed by atoms with van der Waals surface area (Å²) in [5, 5.41) is 12.7. The second-order valence-electron chi connectivity index (χ2n) is 4.72. The Hall–Kier alpha value is -0.230. The molecule has 0 bridgehead atoms. The van der Waals surface area contributed by atoms with Gasteiger partial charge in [0, 0.05) is 10.6 Å². The quantitative estimate of drug-likeness (QED) is 0.877. The van der Waals surface area contributed by atoms with E-state index in [4.69, 9.17) is 11.6 Å². The number of thioether (sulfide) groups is 1. The zero-order chi connectivity index (χ0) is 13.7. The first-order chi connectivity index (χ1) is 9.15. The highest BCUT2D eigenvalue weighted by molar-refractivity contribution is 7.99. The van der Waals surface area contributed by atoms with Crippen LogP contribution in [-0.4, -0.2) is 28.9 Å². The lowest BCUT2D eigenvalue weighted by atomic mass is 9.93. The summed E-state index contributed by atoms with van der Waals surface area (Å²) < 4.78 is 0.783. The van der Waals surface area contributed by atoms with Crippen LogP contribution in [0.3, 0.4) is 0 Å². The van der Waals surface area contributed by atoms with Crippen LogP contribution in [0, 0.1) is 0 Å². The lowest BCUT2D eigenvalue weighted by Gasteiger charge is -2.28. The molecule has 1 aromatic heterocycles. The summed E-state index contributed by atoms with van der Waals surface area (Å²) in [7, 11) is 0. The highest BCUT2D eigenvalue weighted by Gasteiger charge is 2.24. The Labute approximate surface area is 126 Å². The molecule has 19 heavy (non-hydrogen) atoms. The van der Waals surface area contributed by atoms with E-state index in [1.54, 1.807) is 23.1 Å². The molecule has 1 aliphatic rings. The zero-order valence-electron chi connectivity index (χ0n) is 10.6. The maximum Gasteiger partial charge on any atom is 0.230 e. The minimum absolute atomic E-state index is 0.0126. The number of hydrogen-bond donors (Lipinski definition) is 2. The molecule has 0 spiro atoms. The predicted octanol–water partition coefficient (Wildman–Crippen LogP) is 3.05. The van der Waals surface area contributed by atoms with Crippen LogP contribution in [-0.2, 0) is 10.5 Å². The van der Waals surface area contributed by atoms with Gasteiger partial charge in [0.1, 0.15) is 0 Å². The van der Waals surface area contributed by atoms with Crippen LogP contribution in [0.2, 0.25) is 4.34 Å². The van der Waals surface area contributed by atoms with Crippen LogP contribution in [0.15, 0.2) is 12.1 Å². The van der Waals surface area contributed by atoms with Gasteiger partial charge in [0.15, 0.2) is 0 Å². The minimum Gasteiger partial charge on any atom is -0.391 e. The fraction of sp³-hybridized carbons (Fsp3) is 0.615. The van der Waals surface area contributed by atoms with Crippen LogP contribution in [0.4, 0.5) is 0 Å². The van der Waals surface area contributed by atoms with E-state index in [1.807, 2.05) is 12.1 Å². The van der Waals surface area contributed by atoms with E-state index >= 15 is 0 Å². The minimum atomic E-state index is -0.376. The van der Waals surface area contributed by atoms with E-state index in [-0.39, 0.29) is 18.1 Å². The number of thiophene rings is 1. The van der Waals surface area contributed by atoms with Crippen molar-refractivity contribution in [3.05, 3.63) is 21.3 Å². The van der Waals surface area contributed by atoms with Crippen LogP contribution in [0.25, 0.3) is 0 Å². The predicted molar refractivity (Wildman–Crippen MR) is 81.9 cm³/mol. The Morgan fingerprint density at radius 3 is 2.95 bits per heavy atom. The smallest absolute Gasteiger partial charge is 0.230 e. The highest BCUT2D eigenvalue weighted by Crippen LogP contribution is 2.25. The molecule has 1 aromatic rings. The van der Waals surface area contributed by atoms with Crippen molar-refractivity contribution in [2.45, 2.75) is 43.6 Å². The van der Waals surface area contributed by atoms with Gasteiger partial charge < -0.3 is 10.4 Å². The standard InChI is InChI=1S/C13H18ClNO2S2/c14-12-6-5-9(19-12)7-18-8-13(17)15-10-3-1-2-4-11(10)16/h5-6,10-11,16H,1-4,7-8H2,(H,15,17). The molecule has 1 aliphatic carbocycles. The molecule has 0 radical (unpaired) electrons. The second-order valence-corrected chi connectivity index (χ2v) is 7.51. The number of hydrogen-bond acceptors (Lipinski definition) is 4. The molecule has 2 rings (SSSR count). The molecule has 2 atom stereocenters. The van der Waals surface area contributed by atoms with Gasteiger partial charge in [0.05, 0.1) is 22.2 Å². The van der Waals surface area contributed by atoms with Crippen molar-refractivity contribution in [3.8, 4) is 0 Å². The van der Waals surface area contributed by atoms with Crippen LogP contribution in [0.1, 0.15) is 30.6 Å². The summed E-state index contributed by atoms with van der Waals surface area (Å²) in [5.41, 5.74) is 0. The topological polar surface area (TPSA) is 49.3 Å². The lowest BCUT2D eigenvalue weighted by molar-refractivity contribution is -0.120. The molecule has 0 aliphatic heterocycles. The number of carbonyl (C=O) groups is 1.